The molecule has 0 fully saturated rings. The molecule has 0 aliphatic rings. The molecular formula is C13H21N5O3. The molecule has 2 heterocycles. The van der Waals surface area contributed by atoms with Crippen molar-refractivity contribution in [2.24, 2.45) is 0 Å². The van der Waals surface area contributed by atoms with E-state index in [1.54, 1.807) is 12.5 Å². The van der Waals surface area contributed by atoms with Gasteiger partial charge in [-0.1, -0.05) is 0 Å². The number of fused-ring (bicyclic) bond motifs is 1. The van der Waals surface area contributed by atoms with E-state index >= 15 is 0 Å². The first kappa shape index (κ1) is 15.5. The highest BCUT2D eigenvalue weighted by molar-refractivity contribution is 5.70. The van der Waals surface area contributed by atoms with Gasteiger partial charge in [0.15, 0.2) is 0 Å². The summed E-state index contributed by atoms with van der Waals surface area (Å²) in [5, 5.41) is 0. The molecule has 0 radical (unpaired) electrons. The van der Waals surface area contributed by atoms with Crippen molar-refractivity contribution in [3.8, 4) is 0 Å². The zero-order valence-corrected chi connectivity index (χ0v) is 12.6. The van der Waals surface area contributed by atoms with Gasteiger partial charge in [0.25, 0.3) is 0 Å². The quantitative estimate of drug-likeness (QED) is 0.601. The Hall–Kier alpha value is -1.93. The molecule has 2 aromatic heterocycles. The van der Waals surface area contributed by atoms with Crippen molar-refractivity contribution >= 4 is 17.1 Å². The predicted octanol–water partition coefficient (Wildman–Crippen LogP) is 1.02. The molecule has 8 heteroatoms. The fourth-order valence-electron chi connectivity index (χ4n) is 1.50. The first-order valence-corrected chi connectivity index (χ1v) is 6.76. The van der Waals surface area contributed by atoms with Gasteiger partial charge >= 0.3 is 0 Å². The molecule has 0 saturated carbocycles. The van der Waals surface area contributed by atoms with Gasteiger partial charge in [-0.3, -0.25) is 0 Å². The van der Waals surface area contributed by atoms with E-state index in [1.165, 1.54) is 4.73 Å². The Bertz CT molecular complexity index is 579. The van der Waals surface area contributed by atoms with E-state index in [4.69, 9.17) is 20.0 Å². The van der Waals surface area contributed by atoms with Crippen LogP contribution in [0, 0.1) is 0 Å². The van der Waals surface area contributed by atoms with Gasteiger partial charge < -0.3 is 20.0 Å². The van der Waals surface area contributed by atoms with Crippen LogP contribution in [-0.4, -0.2) is 45.3 Å². The van der Waals surface area contributed by atoms with E-state index in [2.05, 4.69) is 15.0 Å². The molecule has 0 bridgehead atoms. The Labute approximate surface area is 123 Å². The molecule has 21 heavy (non-hydrogen) atoms. The van der Waals surface area contributed by atoms with Crippen molar-refractivity contribution in [3.05, 3.63) is 12.5 Å². The lowest BCUT2D eigenvalue weighted by atomic mass is 10.2. The molecule has 0 atom stereocenters. The van der Waals surface area contributed by atoms with Crippen molar-refractivity contribution in [3.63, 3.8) is 0 Å². The molecule has 2 rings (SSSR count). The smallest absolute Gasteiger partial charge is 0.222 e. The van der Waals surface area contributed by atoms with Crippen LogP contribution >= 0.6 is 0 Å². The number of hydrogen-bond acceptors (Lipinski definition) is 7. The number of nitrogens with zero attached hydrogens (tertiary/aromatic N) is 4. The average Bonchev–Trinajstić information content (AvgIpc) is 2.79. The molecule has 2 aromatic rings. The summed E-state index contributed by atoms with van der Waals surface area (Å²) in [5.74, 6) is 0.190. The molecule has 0 aliphatic carbocycles. The number of anilines is 1. The number of rotatable bonds is 7. The normalized spacial score (nSPS) is 12.0. The number of nitrogen functional groups attached to an aromatic ring is 1. The van der Waals surface area contributed by atoms with E-state index in [0.717, 1.165) is 6.42 Å². The minimum Gasteiger partial charge on any atom is -0.411 e. The zero-order chi connectivity index (χ0) is 15.3. The Morgan fingerprint density at radius 3 is 2.81 bits per heavy atom. The van der Waals surface area contributed by atoms with Crippen LogP contribution in [0.1, 0.15) is 27.2 Å². The van der Waals surface area contributed by atoms with Crippen LogP contribution in [-0.2, 0) is 9.47 Å². The molecule has 2 N–H and O–H groups in total. The van der Waals surface area contributed by atoms with E-state index in [-0.39, 0.29) is 18.3 Å². The molecule has 0 spiro atoms. The zero-order valence-electron chi connectivity index (χ0n) is 12.6. The number of aromatic nitrogens is 4. The molecule has 116 valence electrons. The van der Waals surface area contributed by atoms with Gasteiger partial charge in [0.05, 0.1) is 18.4 Å². The topological polar surface area (TPSA) is 97.3 Å². The van der Waals surface area contributed by atoms with Crippen molar-refractivity contribution < 1.29 is 14.3 Å². The summed E-state index contributed by atoms with van der Waals surface area (Å²) in [6.07, 6.45) is 3.83. The maximum absolute atomic E-state index is 5.55. The third kappa shape index (κ3) is 4.83. The summed E-state index contributed by atoms with van der Waals surface area (Å²) >= 11 is 0. The number of nitrogens with two attached hydrogens (primary N) is 1. The van der Waals surface area contributed by atoms with Crippen LogP contribution < -0.4 is 10.6 Å². The lowest BCUT2D eigenvalue weighted by Gasteiger charge is -2.19. The fraction of sp³-hybridized carbons (Fsp3) is 0.615. The van der Waals surface area contributed by atoms with E-state index in [9.17, 15) is 0 Å². The fourth-order valence-corrected chi connectivity index (χ4v) is 1.50. The number of imidazole rings is 1. The van der Waals surface area contributed by atoms with Gasteiger partial charge in [-0.2, -0.15) is 9.71 Å². The van der Waals surface area contributed by atoms with E-state index in [0.29, 0.717) is 24.4 Å². The molecule has 0 aromatic carbocycles. The van der Waals surface area contributed by atoms with Crippen LogP contribution in [0.2, 0.25) is 0 Å². The minimum absolute atomic E-state index is 0.189. The highest BCUT2D eigenvalue weighted by Gasteiger charge is 2.09. The first-order chi connectivity index (χ1) is 9.96. The van der Waals surface area contributed by atoms with Crippen molar-refractivity contribution in [1.29, 1.82) is 0 Å². The van der Waals surface area contributed by atoms with Crippen LogP contribution in [0.5, 0.6) is 0 Å². The molecule has 0 aliphatic heterocycles. The first-order valence-electron chi connectivity index (χ1n) is 6.76. The highest BCUT2D eigenvalue weighted by Crippen LogP contribution is 2.08. The number of hydrogen-bond donors (Lipinski definition) is 1. The van der Waals surface area contributed by atoms with Gasteiger partial charge in [0, 0.05) is 6.42 Å². The molecule has 0 amide bonds. The van der Waals surface area contributed by atoms with E-state index < -0.39 is 0 Å². The second kappa shape index (κ2) is 6.68. The Kier molecular flexibility index (Phi) is 4.92. The van der Waals surface area contributed by atoms with Crippen molar-refractivity contribution in [2.75, 3.05) is 25.7 Å². The van der Waals surface area contributed by atoms with Gasteiger partial charge in [-0.05, 0) is 20.8 Å². The van der Waals surface area contributed by atoms with Crippen LogP contribution in [0.4, 0.5) is 5.95 Å². The highest BCUT2D eigenvalue weighted by atomic mass is 16.7. The average molecular weight is 295 g/mol. The van der Waals surface area contributed by atoms with Crippen molar-refractivity contribution in [2.45, 2.75) is 32.8 Å². The van der Waals surface area contributed by atoms with Gasteiger partial charge in [-0.15, -0.1) is 0 Å². The lowest BCUT2D eigenvalue weighted by molar-refractivity contribution is -0.121. The Morgan fingerprint density at radius 2 is 2.05 bits per heavy atom. The van der Waals surface area contributed by atoms with Crippen LogP contribution in [0.15, 0.2) is 12.5 Å². The molecular weight excluding hydrogens is 274 g/mol. The second-order valence-corrected chi connectivity index (χ2v) is 5.48. The molecule has 0 saturated heterocycles. The predicted molar refractivity (Wildman–Crippen MR) is 77.5 cm³/mol. The molecule has 8 nitrogen and oxygen atoms in total. The third-order valence-corrected chi connectivity index (χ3v) is 2.52. The van der Waals surface area contributed by atoms with Gasteiger partial charge in [-0.25, -0.2) is 9.97 Å². The summed E-state index contributed by atoms with van der Waals surface area (Å²) in [6.45, 7) is 7.26. The minimum atomic E-state index is -0.189. The summed E-state index contributed by atoms with van der Waals surface area (Å²) in [7, 11) is 0. The van der Waals surface area contributed by atoms with Gasteiger partial charge in [0.1, 0.15) is 25.2 Å². The molecule has 0 unspecified atom stereocenters. The SMILES string of the molecule is CC(C)(C)OCOCCCOn1cnc2cnc(N)nc21. The third-order valence-electron chi connectivity index (χ3n) is 2.52. The maximum atomic E-state index is 5.55. The summed E-state index contributed by atoms with van der Waals surface area (Å²) < 4.78 is 12.3. The van der Waals surface area contributed by atoms with Gasteiger partial charge in [0.2, 0.25) is 11.6 Å². The largest absolute Gasteiger partial charge is 0.411 e. The van der Waals surface area contributed by atoms with Crippen molar-refractivity contribution in [1.82, 2.24) is 19.7 Å². The summed E-state index contributed by atoms with van der Waals surface area (Å²) in [6, 6.07) is 0. The van der Waals surface area contributed by atoms with Crippen LogP contribution in [0.25, 0.3) is 11.2 Å². The summed E-state index contributed by atoms with van der Waals surface area (Å²) in [5.41, 5.74) is 6.55. The summed E-state index contributed by atoms with van der Waals surface area (Å²) in [4.78, 5) is 17.6. The standard InChI is InChI=1S/C13H21N5O3/c1-13(2,3)20-9-19-5-4-6-21-18-8-16-10-7-15-12(14)17-11(10)18/h7-8H,4-6,9H2,1-3H3,(H2,14,15,17). The number of ether oxygens (including phenoxy) is 2. The Balaban J connectivity index is 1.70. The maximum Gasteiger partial charge on any atom is 0.222 e. The Morgan fingerprint density at radius 1 is 1.24 bits per heavy atom. The second-order valence-electron chi connectivity index (χ2n) is 5.48. The van der Waals surface area contributed by atoms with E-state index in [1.807, 2.05) is 20.8 Å². The van der Waals surface area contributed by atoms with Crippen LogP contribution in [0.3, 0.4) is 0 Å². The lowest BCUT2D eigenvalue weighted by Crippen LogP contribution is -2.21. The monoisotopic (exact) mass is 295 g/mol.